The zero-order chi connectivity index (χ0) is 15.5. The van der Waals surface area contributed by atoms with Gasteiger partial charge in [-0.05, 0) is 29.4 Å². The second-order valence-electron chi connectivity index (χ2n) is 6.16. The quantitative estimate of drug-likeness (QED) is 0.797. The molecule has 1 unspecified atom stereocenters. The number of aryl methyl sites for hydroxylation is 1. The van der Waals surface area contributed by atoms with Crippen LogP contribution < -0.4 is 10.6 Å². The maximum atomic E-state index is 12.0. The predicted octanol–water partition coefficient (Wildman–Crippen LogP) is 2.47. The first-order chi connectivity index (χ1) is 9.90. The summed E-state index contributed by atoms with van der Waals surface area (Å²) < 4.78 is 0. The van der Waals surface area contributed by atoms with Gasteiger partial charge in [0.1, 0.15) is 0 Å². The molecule has 1 aliphatic rings. The van der Waals surface area contributed by atoms with Crippen molar-refractivity contribution in [1.82, 2.24) is 10.6 Å². The second-order valence-corrected chi connectivity index (χ2v) is 6.16. The lowest BCUT2D eigenvalue weighted by Gasteiger charge is -2.40. The monoisotopic (exact) mass is 290 g/mol. The van der Waals surface area contributed by atoms with Gasteiger partial charge in [0.05, 0.1) is 12.5 Å². The highest BCUT2D eigenvalue weighted by Crippen LogP contribution is 2.43. The summed E-state index contributed by atoms with van der Waals surface area (Å²) in [6.07, 6.45) is 1.95. The highest BCUT2D eigenvalue weighted by molar-refractivity contribution is 5.75. The van der Waals surface area contributed by atoms with Crippen molar-refractivity contribution in [2.45, 2.75) is 39.2 Å². The molecule has 21 heavy (non-hydrogen) atoms. The van der Waals surface area contributed by atoms with Crippen LogP contribution in [0, 0.1) is 5.41 Å². The molecule has 1 aromatic rings. The Hall–Kier alpha value is -2.04. The van der Waals surface area contributed by atoms with E-state index in [1.165, 1.54) is 5.56 Å². The molecule has 0 saturated carbocycles. The number of urea groups is 1. The Morgan fingerprint density at radius 2 is 2.05 bits per heavy atom. The number of nitrogens with one attached hydrogen (secondary N) is 2. The lowest BCUT2D eigenvalue weighted by molar-refractivity contribution is -0.136. The Morgan fingerprint density at radius 3 is 2.76 bits per heavy atom. The van der Waals surface area contributed by atoms with E-state index < -0.39 is 5.97 Å². The number of hydrogen-bond donors (Lipinski definition) is 3. The van der Waals surface area contributed by atoms with E-state index in [1.807, 2.05) is 12.1 Å². The van der Waals surface area contributed by atoms with Crippen LogP contribution in [0.5, 0.6) is 0 Å². The maximum Gasteiger partial charge on any atom is 0.315 e. The van der Waals surface area contributed by atoms with E-state index in [2.05, 4.69) is 36.6 Å². The SMILES string of the molecule is CC1(C)CCc2ccccc2C1NC(=O)NCCC(=O)O. The number of fused-ring (bicyclic) bond motifs is 1. The zero-order valence-corrected chi connectivity index (χ0v) is 12.5. The average Bonchev–Trinajstić information content (AvgIpc) is 2.42. The molecule has 0 radical (unpaired) electrons. The molecular formula is C16H22N2O3. The second kappa shape index (κ2) is 6.16. The summed E-state index contributed by atoms with van der Waals surface area (Å²) in [6.45, 7) is 4.42. The van der Waals surface area contributed by atoms with Crippen LogP contribution in [-0.4, -0.2) is 23.7 Å². The summed E-state index contributed by atoms with van der Waals surface area (Å²) in [5, 5.41) is 14.2. The molecule has 0 aliphatic heterocycles. The van der Waals surface area contributed by atoms with E-state index in [-0.39, 0.29) is 30.5 Å². The minimum Gasteiger partial charge on any atom is -0.481 e. The third-order valence-corrected chi connectivity index (χ3v) is 4.09. The zero-order valence-electron chi connectivity index (χ0n) is 12.5. The van der Waals surface area contributed by atoms with Crippen LogP contribution >= 0.6 is 0 Å². The maximum absolute atomic E-state index is 12.0. The van der Waals surface area contributed by atoms with Crippen molar-refractivity contribution >= 4 is 12.0 Å². The molecule has 0 saturated heterocycles. The number of carboxylic acids is 1. The van der Waals surface area contributed by atoms with Crippen molar-refractivity contribution in [2.24, 2.45) is 5.41 Å². The normalized spacial score (nSPS) is 19.4. The highest BCUT2D eigenvalue weighted by atomic mass is 16.4. The van der Waals surface area contributed by atoms with Crippen LogP contribution in [0.3, 0.4) is 0 Å². The molecule has 114 valence electrons. The Labute approximate surface area is 124 Å². The van der Waals surface area contributed by atoms with Crippen molar-refractivity contribution in [3.05, 3.63) is 35.4 Å². The summed E-state index contributed by atoms with van der Waals surface area (Å²) in [5.74, 6) is -0.918. The Kier molecular flexibility index (Phi) is 4.50. The van der Waals surface area contributed by atoms with E-state index >= 15 is 0 Å². The van der Waals surface area contributed by atoms with Gasteiger partial charge in [-0.1, -0.05) is 38.1 Å². The minimum atomic E-state index is -0.918. The average molecular weight is 290 g/mol. The van der Waals surface area contributed by atoms with Gasteiger partial charge in [0.25, 0.3) is 0 Å². The molecule has 2 rings (SSSR count). The predicted molar refractivity (Wildman–Crippen MR) is 80.1 cm³/mol. The van der Waals surface area contributed by atoms with E-state index in [4.69, 9.17) is 5.11 Å². The number of hydrogen-bond acceptors (Lipinski definition) is 2. The molecule has 1 aliphatic carbocycles. The van der Waals surface area contributed by atoms with Crippen molar-refractivity contribution in [2.75, 3.05) is 6.54 Å². The lowest BCUT2D eigenvalue weighted by atomic mass is 9.70. The number of aliphatic carboxylic acids is 1. The van der Waals surface area contributed by atoms with Crippen molar-refractivity contribution in [3.8, 4) is 0 Å². The number of carboxylic acid groups (broad SMARTS) is 1. The minimum absolute atomic E-state index is 0.0293. The molecule has 0 fully saturated rings. The van der Waals surface area contributed by atoms with Crippen LogP contribution in [-0.2, 0) is 11.2 Å². The molecule has 3 N–H and O–H groups in total. The number of carbonyl (C=O) groups excluding carboxylic acids is 1. The number of carbonyl (C=O) groups is 2. The van der Waals surface area contributed by atoms with Gasteiger partial charge in [0, 0.05) is 6.54 Å². The molecule has 5 heteroatoms. The molecule has 5 nitrogen and oxygen atoms in total. The molecule has 1 aromatic carbocycles. The van der Waals surface area contributed by atoms with Crippen LogP contribution in [0.2, 0.25) is 0 Å². The van der Waals surface area contributed by atoms with Crippen molar-refractivity contribution < 1.29 is 14.7 Å². The van der Waals surface area contributed by atoms with E-state index in [0.29, 0.717) is 0 Å². The van der Waals surface area contributed by atoms with Gasteiger partial charge in [-0.15, -0.1) is 0 Å². The molecule has 0 spiro atoms. The third-order valence-electron chi connectivity index (χ3n) is 4.09. The smallest absolute Gasteiger partial charge is 0.315 e. The number of benzene rings is 1. The fourth-order valence-electron chi connectivity index (χ4n) is 2.80. The van der Waals surface area contributed by atoms with E-state index in [9.17, 15) is 9.59 Å². The first-order valence-electron chi connectivity index (χ1n) is 7.24. The van der Waals surface area contributed by atoms with Gasteiger partial charge in [0.15, 0.2) is 0 Å². The number of rotatable bonds is 4. The highest BCUT2D eigenvalue weighted by Gasteiger charge is 2.36. The molecular weight excluding hydrogens is 268 g/mol. The van der Waals surface area contributed by atoms with Crippen LogP contribution in [0.15, 0.2) is 24.3 Å². The van der Waals surface area contributed by atoms with Gasteiger partial charge in [0.2, 0.25) is 0 Å². The molecule has 0 heterocycles. The van der Waals surface area contributed by atoms with Crippen LogP contribution in [0.25, 0.3) is 0 Å². The fraction of sp³-hybridized carbons (Fsp3) is 0.500. The van der Waals surface area contributed by atoms with Crippen molar-refractivity contribution in [3.63, 3.8) is 0 Å². The van der Waals surface area contributed by atoms with Gasteiger partial charge in [-0.25, -0.2) is 4.79 Å². The van der Waals surface area contributed by atoms with Gasteiger partial charge < -0.3 is 15.7 Å². The van der Waals surface area contributed by atoms with Crippen molar-refractivity contribution in [1.29, 1.82) is 0 Å². The first kappa shape index (κ1) is 15.4. The summed E-state index contributed by atoms with van der Waals surface area (Å²) in [7, 11) is 0. The summed E-state index contributed by atoms with van der Waals surface area (Å²) in [6, 6.07) is 7.77. The Balaban J connectivity index is 2.06. The van der Waals surface area contributed by atoms with Gasteiger partial charge in [-0.2, -0.15) is 0 Å². The largest absolute Gasteiger partial charge is 0.481 e. The standard InChI is InChI=1S/C16H22N2O3/c1-16(2)9-7-11-5-3-4-6-12(11)14(16)18-15(21)17-10-8-13(19)20/h3-6,14H,7-10H2,1-2H3,(H,19,20)(H2,17,18,21). The topological polar surface area (TPSA) is 78.4 Å². The molecule has 0 bridgehead atoms. The molecule has 2 amide bonds. The Bertz CT molecular complexity index is 540. The summed E-state index contributed by atoms with van der Waals surface area (Å²) in [4.78, 5) is 22.4. The van der Waals surface area contributed by atoms with E-state index in [1.54, 1.807) is 0 Å². The van der Waals surface area contributed by atoms with Crippen LogP contribution in [0.1, 0.15) is 43.9 Å². The lowest BCUT2D eigenvalue weighted by Crippen LogP contribution is -2.45. The fourth-order valence-corrected chi connectivity index (χ4v) is 2.80. The number of amides is 2. The molecule has 0 aromatic heterocycles. The Morgan fingerprint density at radius 1 is 1.33 bits per heavy atom. The summed E-state index contributed by atoms with van der Waals surface area (Å²) >= 11 is 0. The first-order valence-corrected chi connectivity index (χ1v) is 7.24. The molecule has 1 atom stereocenters. The third kappa shape index (κ3) is 3.74. The summed E-state index contributed by atoms with van der Waals surface area (Å²) in [5.41, 5.74) is 2.40. The van der Waals surface area contributed by atoms with E-state index in [0.717, 1.165) is 18.4 Å². The van der Waals surface area contributed by atoms with Gasteiger partial charge in [-0.3, -0.25) is 4.79 Å². The van der Waals surface area contributed by atoms with Crippen LogP contribution in [0.4, 0.5) is 4.79 Å². The van der Waals surface area contributed by atoms with Gasteiger partial charge >= 0.3 is 12.0 Å².